The number of halogens is 3. The summed E-state index contributed by atoms with van der Waals surface area (Å²) < 4.78 is 64.1. The molecule has 124 valence electrons. The zero-order chi connectivity index (χ0) is 16.4. The predicted molar refractivity (Wildman–Crippen MR) is 76.6 cm³/mol. The van der Waals surface area contributed by atoms with Crippen LogP contribution in [0.4, 0.5) is 13.2 Å². The number of alkyl halides is 3. The Bertz CT molecular complexity index is 606. The first-order valence-electron chi connectivity index (χ1n) is 7.08. The highest BCUT2D eigenvalue weighted by Crippen LogP contribution is 2.30. The summed E-state index contributed by atoms with van der Waals surface area (Å²) in [7, 11) is -3.86. The molecular weight excluding hydrogens is 317 g/mol. The summed E-state index contributed by atoms with van der Waals surface area (Å²) in [6, 6.07) is 3.42. The molecule has 1 saturated carbocycles. The van der Waals surface area contributed by atoms with Crippen LogP contribution in [0.15, 0.2) is 29.2 Å². The van der Waals surface area contributed by atoms with E-state index in [1.807, 2.05) is 0 Å². The summed E-state index contributed by atoms with van der Waals surface area (Å²) >= 11 is 0. The molecule has 0 heterocycles. The van der Waals surface area contributed by atoms with Gasteiger partial charge in [0.15, 0.2) is 0 Å². The first kappa shape index (κ1) is 17.2. The van der Waals surface area contributed by atoms with Gasteiger partial charge in [-0.05, 0) is 37.1 Å². The fourth-order valence-electron chi connectivity index (χ4n) is 2.58. The summed E-state index contributed by atoms with van der Waals surface area (Å²) in [5.41, 5.74) is 4.70. The van der Waals surface area contributed by atoms with Gasteiger partial charge >= 0.3 is 6.18 Å². The average Bonchev–Trinajstić information content (AvgIpc) is 2.46. The minimum absolute atomic E-state index is 0.0936. The van der Waals surface area contributed by atoms with Gasteiger partial charge in [-0.25, -0.2) is 13.1 Å². The highest BCUT2D eigenvalue weighted by molar-refractivity contribution is 7.89. The second-order valence-corrected chi connectivity index (χ2v) is 7.54. The number of nitrogens with one attached hydrogen (secondary N) is 1. The second kappa shape index (κ2) is 6.17. The van der Waals surface area contributed by atoms with Crippen LogP contribution in [0.5, 0.6) is 0 Å². The molecule has 0 spiro atoms. The van der Waals surface area contributed by atoms with Gasteiger partial charge in [-0.3, -0.25) is 0 Å². The molecule has 2 rings (SSSR count). The van der Waals surface area contributed by atoms with Crippen LogP contribution in [0, 0.1) is 0 Å². The molecule has 0 bridgehead atoms. The Morgan fingerprint density at radius 1 is 1.09 bits per heavy atom. The standard InChI is InChI=1S/C14H19F3N2O2S/c15-14(16,17)11-4-6-12(7-5-11)22(20,21)19-10-13(18)8-2-1-3-9-13/h4-7,19H,1-3,8-10,18H2. The van der Waals surface area contributed by atoms with Gasteiger partial charge in [0.25, 0.3) is 0 Å². The molecule has 1 aromatic carbocycles. The summed E-state index contributed by atoms with van der Waals surface area (Å²) in [4.78, 5) is -0.195. The molecular formula is C14H19F3N2O2S. The molecule has 0 unspecified atom stereocenters. The van der Waals surface area contributed by atoms with Crippen LogP contribution in [0.3, 0.4) is 0 Å². The molecule has 0 atom stereocenters. The third-order valence-electron chi connectivity index (χ3n) is 3.96. The fraction of sp³-hybridized carbons (Fsp3) is 0.571. The topological polar surface area (TPSA) is 72.2 Å². The van der Waals surface area contributed by atoms with Gasteiger partial charge in [0.1, 0.15) is 0 Å². The van der Waals surface area contributed by atoms with Gasteiger partial charge in [0.05, 0.1) is 10.5 Å². The monoisotopic (exact) mass is 336 g/mol. The van der Waals surface area contributed by atoms with Crippen LogP contribution >= 0.6 is 0 Å². The lowest BCUT2D eigenvalue weighted by molar-refractivity contribution is -0.137. The first-order valence-corrected chi connectivity index (χ1v) is 8.57. The van der Waals surface area contributed by atoms with Crippen LogP contribution in [0.2, 0.25) is 0 Å². The first-order chi connectivity index (χ1) is 10.1. The molecule has 0 amide bonds. The zero-order valence-corrected chi connectivity index (χ0v) is 12.8. The Balaban J connectivity index is 2.07. The van der Waals surface area contributed by atoms with Crippen LogP contribution in [0.25, 0.3) is 0 Å². The highest BCUT2D eigenvalue weighted by atomic mass is 32.2. The molecule has 0 aromatic heterocycles. The SMILES string of the molecule is NC1(CNS(=O)(=O)c2ccc(C(F)(F)F)cc2)CCCCC1. The van der Waals surface area contributed by atoms with Crippen molar-refractivity contribution in [2.75, 3.05) is 6.54 Å². The lowest BCUT2D eigenvalue weighted by Crippen LogP contribution is -2.51. The van der Waals surface area contributed by atoms with Crippen LogP contribution < -0.4 is 10.5 Å². The quantitative estimate of drug-likeness (QED) is 0.888. The Morgan fingerprint density at radius 3 is 2.14 bits per heavy atom. The molecule has 8 heteroatoms. The summed E-state index contributed by atoms with van der Waals surface area (Å²) in [6.45, 7) is 0.0936. The maximum atomic E-state index is 12.5. The van der Waals surface area contributed by atoms with Crippen molar-refractivity contribution in [2.24, 2.45) is 5.73 Å². The van der Waals surface area contributed by atoms with Crippen molar-refractivity contribution in [2.45, 2.75) is 48.7 Å². The van der Waals surface area contributed by atoms with E-state index in [0.29, 0.717) is 0 Å². The van der Waals surface area contributed by atoms with Gasteiger partial charge in [0, 0.05) is 12.1 Å². The molecule has 4 nitrogen and oxygen atoms in total. The van der Waals surface area contributed by atoms with E-state index in [9.17, 15) is 21.6 Å². The van der Waals surface area contributed by atoms with Crippen LogP contribution in [-0.4, -0.2) is 20.5 Å². The molecule has 0 aliphatic heterocycles. The van der Waals surface area contributed by atoms with Gasteiger partial charge in [-0.15, -0.1) is 0 Å². The van der Waals surface area contributed by atoms with Gasteiger partial charge in [-0.2, -0.15) is 13.2 Å². The number of hydrogen-bond donors (Lipinski definition) is 2. The van der Waals surface area contributed by atoms with Crippen molar-refractivity contribution in [1.29, 1.82) is 0 Å². The van der Waals surface area contributed by atoms with Gasteiger partial charge in [-0.1, -0.05) is 19.3 Å². The maximum Gasteiger partial charge on any atom is 0.416 e. The van der Waals surface area contributed by atoms with E-state index < -0.39 is 27.3 Å². The Kier molecular flexibility index (Phi) is 4.84. The van der Waals surface area contributed by atoms with Crippen molar-refractivity contribution >= 4 is 10.0 Å². The summed E-state index contributed by atoms with van der Waals surface area (Å²) in [6.07, 6.45) is -0.00812. The van der Waals surface area contributed by atoms with Crippen molar-refractivity contribution in [3.8, 4) is 0 Å². The molecule has 0 radical (unpaired) electrons. The molecule has 0 saturated heterocycles. The Morgan fingerprint density at radius 2 is 1.64 bits per heavy atom. The van der Waals surface area contributed by atoms with Crippen molar-refractivity contribution in [3.63, 3.8) is 0 Å². The van der Waals surface area contributed by atoms with Crippen molar-refractivity contribution < 1.29 is 21.6 Å². The number of nitrogens with two attached hydrogens (primary N) is 1. The third kappa shape index (κ3) is 4.21. The Hall–Kier alpha value is -1.12. The molecule has 3 N–H and O–H groups in total. The minimum Gasteiger partial charge on any atom is -0.324 e. The molecule has 1 aromatic rings. The molecule has 1 aliphatic carbocycles. The largest absolute Gasteiger partial charge is 0.416 e. The van der Waals surface area contributed by atoms with Gasteiger partial charge in [0.2, 0.25) is 10.0 Å². The number of benzene rings is 1. The maximum absolute atomic E-state index is 12.5. The van der Waals surface area contributed by atoms with E-state index in [1.54, 1.807) is 0 Å². The lowest BCUT2D eigenvalue weighted by Gasteiger charge is -2.33. The van der Waals surface area contributed by atoms with Crippen molar-refractivity contribution in [3.05, 3.63) is 29.8 Å². The van der Waals surface area contributed by atoms with E-state index in [-0.39, 0.29) is 11.4 Å². The van der Waals surface area contributed by atoms with E-state index in [1.165, 1.54) is 0 Å². The minimum atomic E-state index is -4.49. The van der Waals surface area contributed by atoms with Gasteiger partial charge < -0.3 is 5.73 Å². The number of sulfonamides is 1. The molecule has 22 heavy (non-hydrogen) atoms. The predicted octanol–water partition coefficient (Wildman–Crippen LogP) is 2.65. The normalized spacial score (nSPS) is 19.1. The van der Waals surface area contributed by atoms with E-state index in [4.69, 9.17) is 5.73 Å². The van der Waals surface area contributed by atoms with E-state index in [0.717, 1.165) is 56.4 Å². The molecule has 1 fully saturated rings. The Labute approximate surface area is 127 Å². The number of rotatable bonds is 4. The smallest absolute Gasteiger partial charge is 0.324 e. The second-order valence-electron chi connectivity index (χ2n) is 5.77. The van der Waals surface area contributed by atoms with Crippen molar-refractivity contribution in [1.82, 2.24) is 4.72 Å². The molecule has 1 aliphatic rings. The summed E-state index contributed by atoms with van der Waals surface area (Å²) in [5, 5.41) is 0. The van der Waals surface area contributed by atoms with E-state index in [2.05, 4.69) is 4.72 Å². The van der Waals surface area contributed by atoms with Crippen LogP contribution in [-0.2, 0) is 16.2 Å². The number of hydrogen-bond acceptors (Lipinski definition) is 3. The highest BCUT2D eigenvalue weighted by Gasteiger charge is 2.32. The van der Waals surface area contributed by atoms with Crippen LogP contribution in [0.1, 0.15) is 37.7 Å². The average molecular weight is 336 g/mol. The van der Waals surface area contributed by atoms with E-state index >= 15 is 0 Å². The lowest BCUT2D eigenvalue weighted by atomic mass is 9.83. The zero-order valence-electron chi connectivity index (χ0n) is 12.0. The fourth-order valence-corrected chi connectivity index (χ4v) is 3.72. The summed E-state index contributed by atoms with van der Waals surface area (Å²) in [5.74, 6) is 0. The third-order valence-corrected chi connectivity index (χ3v) is 5.37.